The first-order valence-electron chi connectivity index (χ1n) is 4.62. The maximum Gasteiger partial charge on any atom is 0.123 e. The summed E-state index contributed by atoms with van der Waals surface area (Å²) in [6, 6.07) is 4.06. The van der Waals surface area contributed by atoms with Crippen LogP contribution in [0.2, 0.25) is 0 Å². The molecule has 5 N–H and O–H groups in total. The molecule has 0 aliphatic heterocycles. The van der Waals surface area contributed by atoms with Crippen LogP contribution < -0.4 is 11.2 Å². The lowest BCUT2D eigenvalue weighted by atomic mass is 10.1. The SMILES string of the molecule is Cl.Cl.NCC(NO)c1c[nH]c2ccc(F)cc12. The van der Waals surface area contributed by atoms with Gasteiger partial charge in [0, 0.05) is 23.6 Å². The number of aromatic nitrogens is 1. The van der Waals surface area contributed by atoms with Crippen molar-refractivity contribution in [3.05, 3.63) is 35.8 Å². The lowest BCUT2D eigenvalue weighted by molar-refractivity contribution is 0.129. The molecule has 0 fully saturated rings. The Morgan fingerprint density at radius 1 is 1.41 bits per heavy atom. The summed E-state index contributed by atoms with van der Waals surface area (Å²) in [5.74, 6) is -0.308. The molecule has 4 nitrogen and oxygen atoms in total. The molecule has 96 valence electrons. The average Bonchev–Trinajstić information content (AvgIpc) is 2.64. The Morgan fingerprint density at radius 2 is 2.12 bits per heavy atom. The van der Waals surface area contributed by atoms with E-state index in [1.807, 2.05) is 0 Å². The third-order valence-electron chi connectivity index (χ3n) is 2.44. The van der Waals surface area contributed by atoms with Gasteiger partial charge >= 0.3 is 0 Å². The Morgan fingerprint density at radius 3 is 2.71 bits per heavy atom. The van der Waals surface area contributed by atoms with E-state index in [1.54, 1.807) is 12.3 Å². The highest BCUT2D eigenvalue weighted by atomic mass is 35.5. The first-order valence-corrected chi connectivity index (χ1v) is 4.62. The summed E-state index contributed by atoms with van der Waals surface area (Å²) in [7, 11) is 0. The van der Waals surface area contributed by atoms with Crippen LogP contribution in [0.25, 0.3) is 10.9 Å². The molecule has 1 unspecified atom stereocenters. The van der Waals surface area contributed by atoms with Crippen molar-refractivity contribution in [2.24, 2.45) is 5.73 Å². The normalized spacial score (nSPS) is 11.7. The number of nitrogens with two attached hydrogens (primary N) is 1. The molecule has 0 saturated carbocycles. The summed E-state index contributed by atoms with van der Waals surface area (Å²) >= 11 is 0. The summed E-state index contributed by atoms with van der Waals surface area (Å²) in [6.07, 6.45) is 1.71. The molecule has 0 spiro atoms. The number of nitrogens with one attached hydrogen (secondary N) is 2. The third kappa shape index (κ3) is 3.08. The van der Waals surface area contributed by atoms with Gasteiger partial charge in [0.25, 0.3) is 0 Å². The van der Waals surface area contributed by atoms with Crippen LogP contribution in [-0.4, -0.2) is 16.7 Å². The zero-order valence-corrected chi connectivity index (χ0v) is 10.4. The topological polar surface area (TPSA) is 74.1 Å². The molecule has 0 saturated heterocycles. The van der Waals surface area contributed by atoms with Crippen LogP contribution in [0.5, 0.6) is 0 Å². The minimum Gasteiger partial charge on any atom is -0.361 e. The molecule has 17 heavy (non-hydrogen) atoms. The first-order chi connectivity index (χ1) is 7.26. The number of fused-ring (bicyclic) bond motifs is 1. The van der Waals surface area contributed by atoms with E-state index in [9.17, 15) is 4.39 Å². The molecule has 0 amide bonds. The van der Waals surface area contributed by atoms with Crippen molar-refractivity contribution in [2.75, 3.05) is 6.54 Å². The Balaban J connectivity index is 0.00000128. The van der Waals surface area contributed by atoms with Crippen LogP contribution in [-0.2, 0) is 0 Å². The smallest absolute Gasteiger partial charge is 0.123 e. The fourth-order valence-electron chi connectivity index (χ4n) is 1.65. The second-order valence-corrected chi connectivity index (χ2v) is 3.35. The predicted molar refractivity (Wildman–Crippen MR) is 69.5 cm³/mol. The Bertz CT molecular complexity index is 474. The first kappa shape index (κ1) is 16.1. The zero-order chi connectivity index (χ0) is 10.8. The minimum atomic E-state index is -0.388. The van der Waals surface area contributed by atoms with E-state index in [1.165, 1.54) is 12.1 Å². The highest BCUT2D eigenvalue weighted by Crippen LogP contribution is 2.24. The molecule has 0 bridgehead atoms. The molecule has 1 heterocycles. The summed E-state index contributed by atoms with van der Waals surface area (Å²) in [6.45, 7) is 0.236. The van der Waals surface area contributed by atoms with Crippen LogP contribution in [0.3, 0.4) is 0 Å². The molecule has 1 aromatic carbocycles. The van der Waals surface area contributed by atoms with Gasteiger partial charge in [-0.25, -0.2) is 4.39 Å². The van der Waals surface area contributed by atoms with E-state index >= 15 is 0 Å². The molecular weight excluding hydrogens is 268 g/mol. The number of aromatic amines is 1. The predicted octanol–water partition coefficient (Wildman–Crippen LogP) is 2.13. The van der Waals surface area contributed by atoms with E-state index in [4.69, 9.17) is 10.9 Å². The van der Waals surface area contributed by atoms with Crippen LogP contribution in [0.4, 0.5) is 4.39 Å². The van der Waals surface area contributed by atoms with E-state index in [0.29, 0.717) is 0 Å². The second-order valence-electron chi connectivity index (χ2n) is 3.35. The Labute approximate surface area is 110 Å². The standard InChI is InChI=1S/C10H12FN3O.2ClH/c11-6-1-2-9-7(3-6)8(5-13-9)10(4-12)14-15;;/h1-3,5,10,13-15H,4,12H2;2*1H. The van der Waals surface area contributed by atoms with Gasteiger partial charge in [-0.3, -0.25) is 0 Å². The van der Waals surface area contributed by atoms with Crippen molar-refractivity contribution in [1.29, 1.82) is 0 Å². The fourth-order valence-corrected chi connectivity index (χ4v) is 1.65. The maximum absolute atomic E-state index is 13.0. The molecule has 0 radical (unpaired) electrons. The van der Waals surface area contributed by atoms with Gasteiger partial charge in [-0.05, 0) is 23.8 Å². The summed E-state index contributed by atoms with van der Waals surface area (Å²) in [5, 5.41) is 9.62. The van der Waals surface area contributed by atoms with E-state index < -0.39 is 0 Å². The number of hydrogen-bond donors (Lipinski definition) is 4. The lowest BCUT2D eigenvalue weighted by Crippen LogP contribution is -2.25. The third-order valence-corrected chi connectivity index (χ3v) is 2.44. The highest BCUT2D eigenvalue weighted by molar-refractivity contribution is 5.85. The fraction of sp³-hybridized carbons (Fsp3) is 0.200. The molecule has 0 aliphatic rings. The van der Waals surface area contributed by atoms with Crippen molar-refractivity contribution >= 4 is 35.7 Å². The number of hydroxylamine groups is 1. The maximum atomic E-state index is 13.0. The average molecular weight is 282 g/mol. The van der Waals surface area contributed by atoms with Crippen LogP contribution in [0, 0.1) is 5.82 Å². The number of rotatable bonds is 3. The van der Waals surface area contributed by atoms with Gasteiger partial charge < -0.3 is 15.9 Å². The van der Waals surface area contributed by atoms with E-state index in [-0.39, 0.29) is 43.2 Å². The Hall–Kier alpha value is -0.850. The van der Waals surface area contributed by atoms with Gasteiger partial charge in [-0.1, -0.05) is 0 Å². The van der Waals surface area contributed by atoms with Crippen LogP contribution in [0.15, 0.2) is 24.4 Å². The lowest BCUT2D eigenvalue weighted by Gasteiger charge is -2.10. The van der Waals surface area contributed by atoms with Gasteiger partial charge in [0.1, 0.15) is 5.82 Å². The van der Waals surface area contributed by atoms with Crippen molar-refractivity contribution in [3.8, 4) is 0 Å². The monoisotopic (exact) mass is 281 g/mol. The Kier molecular flexibility index (Phi) is 6.44. The molecular formula is C10H14Cl2FN3O. The molecule has 0 aliphatic carbocycles. The van der Waals surface area contributed by atoms with E-state index in [2.05, 4.69) is 10.5 Å². The molecule has 2 aromatic rings. The molecule has 1 atom stereocenters. The highest BCUT2D eigenvalue weighted by Gasteiger charge is 2.13. The number of benzene rings is 1. The minimum absolute atomic E-state index is 0. The number of hydrogen-bond acceptors (Lipinski definition) is 3. The van der Waals surface area contributed by atoms with Crippen LogP contribution in [0.1, 0.15) is 11.6 Å². The molecule has 1 aromatic heterocycles. The van der Waals surface area contributed by atoms with Gasteiger partial charge in [-0.15, -0.1) is 24.8 Å². The summed E-state index contributed by atoms with van der Waals surface area (Å²) < 4.78 is 13.0. The largest absolute Gasteiger partial charge is 0.361 e. The summed E-state index contributed by atoms with van der Waals surface area (Å²) in [5.41, 5.74) is 9.15. The van der Waals surface area contributed by atoms with Crippen molar-refractivity contribution in [2.45, 2.75) is 6.04 Å². The number of halogens is 3. The van der Waals surface area contributed by atoms with Crippen molar-refractivity contribution in [1.82, 2.24) is 10.5 Å². The number of H-pyrrole nitrogens is 1. The summed E-state index contributed by atoms with van der Waals surface area (Å²) in [4.78, 5) is 2.99. The van der Waals surface area contributed by atoms with Crippen molar-refractivity contribution < 1.29 is 9.60 Å². The van der Waals surface area contributed by atoms with Gasteiger partial charge in [0.15, 0.2) is 0 Å². The quantitative estimate of drug-likeness (QED) is 0.651. The van der Waals surface area contributed by atoms with Crippen LogP contribution >= 0.6 is 24.8 Å². The second kappa shape index (κ2) is 6.78. The van der Waals surface area contributed by atoms with Gasteiger partial charge in [0.05, 0.1) is 6.04 Å². The van der Waals surface area contributed by atoms with Crippen molar-refractivity contribution in [3.63, 3.8) is 0 Å². The molecule has 2 rings (SSSR count). The van der Waals surface area contributed by atoms with Gasteiger partial charge in [0.2, 0.25) is 0 Å². The molecule has 7 heteroatoms. The van der Waals surface area contributed by atoms with E-state index in [0.717, 1.165) is 16.5 Å². The zero-order valence-electron chi connectivity index (χ0n) is 8.81. The van der Waals surface area contributed by atoms with Gasteiger partial charge in [-0.2, -0.15) is 5.48 Å².